The average Bonchev–Trinajstić information content (AvgIpc) is 2.62. The standard InChI is InChI=1S/C16H22N2O3/c1-10(2)7-14(19)17-8-11(9-17)18-15(20)12-5-3-4-6-13(12)16(18)21/h3-4,10-13H,5-9H2,1-2H3. The minimum Gasteiger partial charge on any atom is -0.338 e. The lowest BCUT2D eigenvalue weighted by Gasteiger charge is -2.43. The highest BCUT2D eigenvalue weighted by Crippen LogP contribution is 2.37. The number of rotatable bonds is 3. The summed E-state index contributed by atoms with van der Waals surface area (Å²) in [6, 6.07) is -0.105. The van der Waals surface area contributed by atoms with E-state index in [1.807, 2.05) is 26.0 Å². The molecule has 1 aliphatic carbocycles. The number of allylic oxidation sites excluding steroid dienone is 2. The summed E-state index contributed by atoms with van der Waals surface area (Å²) in [6.45, 7) is 5.05. The van der Waals surface area contributed by atoms with Gasteiger partial charge in [-0.05, 0) is 18.8 Å². The molecule has 0 aromatic rings. The maximum Gasteiger partial charge on any atom is 0.233 e. The van der Waals surface area contributed by atoms with Crippen LogP contribution in [0.3, 0.4) is 0 Å². The van der Waals surface area contributed by atoms with Gasteiger partial charge in [0.15, 0.2) is 0 Å². The molecule has 2 aliphatic heterocycles. The van der Waals surface area contributed by atoms with Crippen molar-refractivity contribution in [3.8, 4) is 0 Å². The van der Waals surface area contributed by atoms with E-state index in [9.17, 15) is 14.4 Å². The predicted molar refractivity (Wildman–Crippen MR) is 77.0 cm³/mol. The van der Waals surface area contributed by atoms with Crippen molar-refractivity contribution in [1.82, 2.24) is 9.80 Å². The van der Waals surface area contributed by atoms with E-state index in [1.165, 1.54) is 4.90 Å². The molecule has 0 spiro atoms. The Kier molecular flexibility index (Phi) is 3.59. The largest absolute Gasteiger partial charge is 0.338 e. The van der Waals surface area contributed by atoms with Crippen LogP contribution in [-0.2, 0) is 14.4 Å². The van der Waals surface area contributed by atoms with Gasteiger partial charge in [-0.3, -0.25) is 19.3 Å². The maximum absolute atomic E-state index is 12.4. The van der Waals surface area contributed by atoms with Gasteiger partial charge in [-0.1, -0.05) is 26.0 Å². The third-order valence-electron chi connectivity index (χ3n) is 4.70. The van der Waals surface area contributed by atoms with Gasteiger partial charge < -0.3 is 4.90 Å². The highest BCUT2D eigenvalue weighted by atomic mass is 16.2. The lowest BCUT2D eigenvalue weighted by Crippen LogP contribution is -2.62. The summed E-state index contributed by atoms with van der Waals surface area (Å²) >= 11 is 0. The van der Waals surface area contributed by atoms with Crippen LogP contribution in [0, 0.1) is 17.8 Å². The molecule has 0 radical (unpaired) electrons. The molecule has 0 N–H and O–H groups in total. The molecule has 2 unspecified atom stereocenters. The Morgan fingerprint density at radius 3 is 2.14 bits per heavy atom. The summed E-state index contributed by atoms with van der Waals surface area (Å²) in [5.41, 5.74) is 0. The summed E-state index contributed by atoms with van der Waals surface area (Å²) in [7, 11) is 0. The molecule has 2 fully saturated rings. The van der Waals surface area contributed by atoms with Gasteiger partial charge in [-0.2, -0.15) is 0 Å². The van der Waals surface area contributed by atoms with Crippen molar-refractivity contribution in [2.24, 2.45) is 17.8 Å². The molecule has 3 amide bonds. The summed E-state index contributed by atoms with van der Waals surface area (Å²) in [5.74, 6) is 0.0661. The highest BCUT2D eigenvalue weighted by Gasteiger charge is 2.52. The predicted octanol–water partition coefficient (Wildman–Crippen LogP) is 1.19. The number of imide groups is 1. The first-order chi connectivity index (χ1) is 9.99. The fourth-order valence-electron chi connectivity index (χ4n) is 3.49. The van der Waals surface area contributed by atoms with E-state index in [4.69, 9.17) is 0 Å². The van der Waals surface area contributed by atoms with Crippen molar-refractivity contribution in [2.75, 3.05) is 13.1 Å². The molecule has 3 aliphatic rings. The van der Waals surface area contributed by atoms with Gasteiger partial charge in [-0.25, -0.2) is 0 Å². The number of fused-ring (bicyclic) bond motifs is 1. The second kappa shape index (κ2) is 5.28. The van der Waals surface area contributed by atoms with Crippen molar-refractivity contribution in [2.45, 2.75) is 39.2 Å². The number of carbonyl (C=O) groups is 3. The smallest absolute Gasteiger partial charge is 0.233 e. The Hall–Kier alpha value is -1.65. The van der Waals surface area contributed by atoms with Crippen LogP contribution in [0.15, 0.2) is 12.2 Å². The molecule has 0 aromatic heterocycles. The zero-order chi connectivity index (χ0) is 15.1. The zero-order valence-corrected chi connectivity index (χ0v) is 12.6. The summed E-state index contributed by atoms with van der Waals surface area (Å²) in [6.07, 6.45) is 5.87. The molecule has 2 atom stereocenters. The van der Waals surface area contributed by atoms with Crippen LogP contribution in [-0.4, -0.2) is 46.7 Å². The lowest BCUT2D eigenvalue weighted by molar-refractivity contribution is -0.153. The second-order valence-electron chi connectivity index (χ2n) is 6.75. The van der Waals surface area contributed by atoms with Gasteiger partial charge in [0.25, 0.3) is 0 Å². The molecule has 3 rings (SSSR count). The van der Waals surface area contributed by atoms with E-state index in [-0.39, 0.29) is 35.6 Å². The van der Waals surface area contributed by atoms with Crippen LogP contribution in [0.5, 0.6) is 0 Å². The van der Waals surface area contributed by atoms with E-state index >= 15 is 0 Å². The molecule has 2 heterocycles. The summed E-state index contributed by atoms with van der Waals surface area (Å²) < 4.78 is 0. The Morgan fingerprint density at radius 1 is 1.14 bits per heavy atom. The average molecular weight is 290 g/mol. The Morgan fingerprint density at radius 2 is 1.67 bits per heavy atom. The van der Waals surface area contributed by atoms with Crippen molar-refractivity contribution >= 4 is 17.7 Å². The molecule has 114 valence electrons. The molecule has 2 saturated heterocycles. The normalized spacial score (nSPS) is 29.1. The van der Waals surface area contributed by atoms with Crippen molar-refractivity contribution in [3.63, 3.8) is 0 Å². The van der Waals surface area contributed by atoms with Crippen molar-refractivity contribution in [1.29, 1.82) is 0 Å². The van der Waals surface area contributed by atoms with E-state index in [0.717, 1.165) is 0 Å². The first-order valence-corrected chi connectivity index (χ1v) is 7.78. The fraction of sp³-hybridized carbons (Fsp3) is 0.688. The zero-order valence-electron chi connectivity index (χ0n) is 12.6. The molecule has 21 heavy (non-hydrogen) atoms. The molecule has 5 heteroatoms. The number of hydrogen-bond donors (Lipinski definition) is 0. The first-order valence-electron chi connectivity index (χ1n) is 7.78. The number of likely N-dealkylation sites (tertiary alicyclic amines) is 2. The molecule has 5 nitrogen and oxygen atoms in total. The summed E-state index contributed by atoms with van der Waals surface area (Å²) in [5, 5.41) is 0. The maximum atomic E-state index is 12.4. The van der Waals surface area contributed by atoms with Crippen LogP contribution in [0.2, 0.25) is 0 Å². The topological polar surface area (TPSA) is 57.7 Å². The molecule has 0 bridgehead atoms. The van der Waals surface area contributed by atoms with Crippen molar-refractivity contribution in [3.05, 3.63) is 12.2 Å². The van der Waals surface area contributed by atoms with Gasteiger partial charge in [0.05, 0.1) is 17.9 Å². The molecule has 0 aromatic carbocycles. The first kappa shape index (κ1) is 14.3. The van der Waals surface area contributed by atoms with E-state index < -0.39 is 0 Å². The Labute approximate surface area is 125 Å². The lowest BCUT2D eigenvalue weighted by atomic mass is 9.85. The minimum atomic E-state index is -0.164. The third kappa shape index (κ3) is 2.39. The van der Waals surface area contributed by atoms with E-state index in [0.29, 0.717) is 38.3 Å². The monoisotopic (exact) mass is 290 g/mol. The second-order valence-corrected chi connectivity index (χ2v) is 6.75. The van der Waals surface area contributed by atoms with E-state index in [1.54, 1.807) is 4.90 Å². The van der Waals surface area contributed by atoms with Crippen LogP contribution in [0.1, 0.15) is 33.1 Å². The Balaban J connectivity index is 1.61. The van der Waals surface area contributed by atoms with Crippen LogP contribution >= 0.6 is 0 Å². The van der Waals surface area contributed by atoms with Gasteiger partial charge in [0.2, 0.25) is 17.7 Å². The minimum absolute atomic E-state index is 0.0321. The van der Waals surface area contributed by atoms with Crippen molar-refractivity contribution < 1.29 is 14.4 Å². The fourth-order valence-corrected chi connectivity index (χ4v) is 3.49. The Bertz CT molecular complexity index is 480. The summed E-state index contributed by atoms with van der Waals surface area (Å²) in [4.78, 5) is 40.0. The van der Waals surface area contributed by atoms with Gasteiger partial charge >= 0.3 is 0 Å². The number of nitrogens with zero attached hydrogens (tertiary/aromatic N) is 2. The molecule has 0 saturated carbocycles. The van der Waals surface area contributed by atoms with Gasteiger partial charge in [0.1, 0.15) is 0 Å². The third-order valence-corrected chi connectivity index (χ3v) is 4.70. The van der Waals surface area contributed by atoms with E-state index in [2.05, 4.69) is 0 Å². The molecular weight excluding hydrogens is 268 g/mol. The number of amides is 3. The van der Waals surface area contributed by atoms with Crippen LogP contribution < -0.4 is 0 Å². The quantitative estimate of drug-likeness (QED) is 0.579. The van der Waals surface area contributed by atoms with Gasteiger partial charge in [0, 0.05) is 19.5 Å². The van der Waals surface area contributed by atoms with Crippen LogP contribution in [0.4, 0.5) is 0 Å². The SMILES string of the molecule is CC(C)CC(=O)N1CC(N2C(=O)C3CC=CCC3C2=O)C1. The van der Waals surface area contributed by atoms with Crippen LogP contribution in [0.25, 0.3) is 0 Å². The van der Waals surface area contributed by atoms with Gasteiger partial charge in [-0.15, -0.1) is 0 Å². The number of carbonyl (C=O) groups excluding carboxylic acids is 3. The number of hydrogen-bond acceptors (Lipinski definition) is 3. The highest BCUT2D eigenvalue weighted by molar-refractivity contribution is 6.06. The molecular formula is C16H22N2O3.